The lowest BCUT2D eigenvalue weighted by Gasteiger charge is -2.18. The monoisotopic (exact) mass is 381 g/mol. The molecule has 132 valence electrons. The van der Waals surface area contributed by atoms with Crippen LogP contribution in [-0.2, 0) is 4.79 Å². The maximum absolute atomic E-state index is 12.5. The van der Waals surface area contributed by atoms with Crippen LogP contribution in [0.15, 0.2) is 78.9 Å². The average molecular weight is 382 g/mol. The Hall–Kier alpha value is -2.23. The fourth-order valence-corrected chi connectivity index (χ4v) is 3.99. The Balaban J connectivity index is 1.72. The van der Waals surface area contributed by atoms with Crippen molar-refractivity contribution in [2.24, 2.45) is 0 Å². The van der Waals surface area contributed by atoms with Gasteiger partial charge in [0.2, 0.25) is 5.91 Å². The predicted molar refractivity (Wildman–Crippen MR) is 112 cm³/mol. The molecule has 0 bridgehead atoms. The van der Waals surface area contributed by atoms with Gasteiger partial charge in [-0.25, -0.2) is 0 Å². The third-order valence-electron chi connectivity index (χ3n) is 4.13. The number of hydrogen-bond donors (Lipinski definition) is 1. The molecule has 26 heavy (non-hydrogen) atoms. The molecular formula is C22H20ClNOS. The molecule has 0 radical (unpaired) electrons. The van der Waals surface area contributed by atoms with Crippen molar-refractivity contribution < 1.29 is 4.79 Å². The molecule has 0 aliphatic carbocycles. The molecule has 0 fully saturated rings. The molecule has 0 aliphatic rings. The second-order valence-electron chi connectivity index (χ2n) is 5.97. The molecule has 0 heterocycles. The van der Waals surface area contributed by atoms with Gasteiger partial charge in [0.25, 0.3) is 0 Å². The molecule has 3 aromatic rings. The van der Waals surface area contributed by atoms with Crippen molar-refractivity contribution in [2.75, 3.05) is 11.1 Å². The summed E-state index contributed by atoms with van der Waals surface area (Å²) in [7, 11) is 0. The van der Waals surface area contributed by atoms with E-state index in [1.807, 2.05) is 61.5 Å². The van der Waals surface area contributed by atoms with Crippen LogP contribution in [0, 0.1) is 6.92 Å². The molecule has 0 saturated carbocycles. The normalized spacial score (nSPS) is 10.7. The first-order chi connectivity index (χ1) is 12.6. The third-order valence-corrected chi connectivity index (χ3v) is 5.84. The zero-order valence-corrected chi connectivity index (χ0v) is 16.1. The summed E-state index contributed by atoms with van der Waals surface area (Å²) in [6, 6.07) is 26.1. The molecule has 0 unspecified atom stereocenters. The minimum absolute atomic E-state index is 0.0303. The lowest BCUT2D eigenvalue weighted by Crippen LogP contribution is -2.16. The number of halogens is 1. The number of anilines is 1. The van der Waals surface area contributed by atoms with Gasteiger partial charge >= 0.3 is 0 Å². The largest absolute Gasteiger partial charge is 0.325 e. The number of benzene rings is 3. The second kappa shape index (κ2) is 8.93. The fraction of sp³-hybridized carbons (Fsp3) is 0.136. The molecule has 0 aliphatic heterocycles. The van der Waals surface area contributed by atoms with Gasteiger partial charge in [0.1, 0.15) is 0 Å². The molecule has 4 heteroatoms. The van der Waals surface area contributed by atoms with Crippen LogP contribution in [0.2, 0.25) is 5.02 Å². The van der Waals surface area contributed by atoms with E-state index in [9.17, 15) is 4.79 Å². The molecular weight excluding hydrogens is 362 g/mol. The Bertz CT molecular complexity index is 828. The van der Waals surface area contributed by atoms with Crippen molar-refractivity contribution in [1.82, 2.24) is 0 Å². The van der Waals surface area contributed by atoms with Gasteiger partial charge in [0, 0.05) is 10.7 Å². The van der Waals surface area contributed by atoms with Crippen molar-refractivity contribution >= 4 is 35.0 Å². The number of carbonyl (C=O) groups is 1. The van der Waals surface area contributed by atoms with Gasteiger partial charge in [0.05, 0.1) is 11.0 Å². The third kappa shape index (κ3) is 4.69. The Labute approximate surface area is 163 Å². The first kappa shape index (κ1) is 18.6. The Morgan fingerprint density at radius 1 is 0.923 bits per heavy atom. The zero-order valence-electron chi connectivity index (χ0n) is 14.5. The Morgan fingerprint density at radius 3 is 2.08 bits per heavy atom. The molecule has 0 spiro atoms. The van der Waals surface area contributed by atoms with Crippen LogP contribution in [-0.4, -0.2) is 11.7 Å². The fourth-order valence-electron chi connectivity index (χ4n) is 2.73. The van der Waals surface area contributed by atoms with Crippen LogP contribution in [0.25, 0.3) is 0 Å². The maximum atomic E-state index is 12.5. The topological polar surface area (TPSA) is 29.1 Å². The van der Waals surface area contributed by atoms with Gasteiger partial charge in [-0.2, -0.15) is 0 Å². The van der Waals surface area contributed by atoms with E-state index in [4.69, 9.17) is 11.6 Å². The molecule has 0 atom stereocenters. The highest BCUT2D eigenvalue weighted by molar-refractivity contribution is 8.00. The molecule has 3 aromatic carbocycles. The summed E-state index contributed by atoms with van der Waals surface area (Å²) in [6.07, 6.45) is 0. The summed E-state index contributed by atoms with van der Waals surface area (Å²) < 4.78 is 0. The van der Waals surface area contributed by atoms with Crippen LogP contribution in [0.4, 0.5) is 5.69 Å². The maximum Gasteiger partial charge on any atom is 0.234 e. The first-order valence-corrected chi connectivity index (χ1v) is 9.84. The van der Waals surface area contributed by atoms with Gasteiger partial charge in [-0.3, -0.25) is 4.79 Å². The number of rotatable bonds is 6. The summed E-state index contributed by atoms with van der Waals surface area (Å²) in [5, 5.41) is 3.73. The summed E-state index contributed by atoms with van der Waals surface area (Å²) in [6.45, 7) is 1.90. The Kier molecular flexibility index (Phi) is 6.37. The van der Waals surface area contributed by atoms with Crippen LogP contribution >= 0.6 is 23.4 Å². The lowest BCUT2D eigenvalue weighted by molar-refractivity contribution is -0.113. The highest BCUT2D eigenvalue weighted by Crippen LogP contribution is 2.35. The minimum Gasteiger partial charge on any atom is -0.325 e. The van der Waals surface area contributed by atoms with Crippen LogP contribution in [0.1, 0.15) is 21.9 Å². The zero-order chi connectivity index (χ0) is 18.4. The van der Waals surface area contributed by atoms with Gasteiger partial charge in [-0.1, -0.05) is 78.3 Å². The van der Waals surface area contributed by atoms with Crippen LogP contribution in [0.3, 0.4) is 0 Å². The second-order valence-corrected chi connectivity index (χ2v) is 7.47. The van der Waals surface area contributed by atoms with Gasteiger partial charge < -0.3 is 5.32 Å². The smallest absolute Gasteiger partial charge is 0.234 e. The highest BCUT2D eigenvalue weighted by Gasteiger charge is 2.16. The van der Waals surface area contributed by atoms with E-state index in [1.165, 1.54) is 11.1 Å². The quantitative estimate of drug-likeness (QED) is 0.558. The number of hydrogen-bond acceptors (Lipinski definition) is 2. The predicted octanol–water partition coefficient (Wildman–Crippen LogP) is 6.11. The van der Waals surface area contributed by atoms with Gasteiger partial charge in [0.15, 0.2) is 0 Å². The van der Waals surface area contributed by atoms with E-state index in [1.54, 1.807) is 11.8 Å². The van der Waals surface area contributed by atoms with E-state index in [0.29, 0.717) is 10.8 Å². The van der Waals surface area contributed by atoms with Crippen molar-refractivity contribution in [3.8, 4) is 0 Å². The first-order valence-electron chi connectivity index (χ1n) is 8.41. The molecule has 3 rings (SSSR count). The van der Waals surface area contributed by atoms with Crippen molar-refractivity contribution in [2.45, 2.75) is 12.2 Å². The molecule has 0 aromatic heterocycles. The average Bonchev–Trinajstić information content (AvgIpc) is 2.67. The molecule has 1 amide bonds. The number of carbonyl (C=O) groups excluding carboxylic acids is 1. The van der Waals surface area contributed by atoms with E-state index in [2.05, 4.69) is 29.6 Å². The molecule has 0 saturated heterocycles. The van der Waals surface area contributed by atoms with E-state index < -0.39 is 0 Å². The Morgan fingerprint density at radius 2 is 1.50 bits per heavy atom. The van der Waals surface area contributed by atoms with Gasteiger partial charge in [-0.05, 0) is 35.7 Å². The van der Waals surface area contributed by atoms with Crippen molar-refractivity contribution in [1.29, 1.82) is 0 Å². The molecule has 1 N–H and O–H groups in total. The van der Waals surface area contributed by atoms with E-state index >= 15 is 0 Å². The van der Waals surface area contributed by atoms with Crippen LogP contribution < -0.4 is 5.32 Å². The van der Waals surface area contributed by atoms with Gasteiger partial charge in [-0.15, -0.1) is 11.8 Å². The SMILES string of the molecule is Cc1c(Cl)cccc1NC(=O)CSC(c1ccccc1)c1ccccc1. The molecule has 2 nitrogen and oxygen atoms in total. The highest BCUT2D eigenvalue weighted by atomic mass is 35.5. The van der Waals surface area contributed by atoms with E-state index in [-0.39, 0.29) is 11.2 Å². The van der Waals surface area contributed by atoms with Crippen molar-refractivity contribution in [3.05, 3.63) is 101 Å². The number of amides is 1. The van der Waals surface area contributed by atoms with Crippen LogP contribution in [0.5, 0.6) is 0 Å². The lowest BCUT2D eigenvalue weighted by atomic mass is 10.0. The minimum atomic E-state index is -0.0303. The summed E-state index contributed by atoms with van der Waals surface area (Å²) in [5.74, 6) is 0.331. The summed E-state index contributed by atoms with van der Waals surface area (Å²) >= 11 is 7.75. The number of nitrogens with one attached hydrogen (secondary N) is 1. The standard InChI is InChI=1S/C22H20ClNOS/c1-16-19(23)13-8-14-20(16)24-21(25)15-26-22(17-9-4-2-5-10-17)18-11-6-3-7-12-18/h2-14,22H,15H2,1H3,(H,24,25). The van der Waals surface area contributed by atoms with Crippen molar-refractivity contribution in [3.63, 3.8) is 0 Å². The summed E-state index contributed by atoms with van der Waals surface area (Å²) in [5.41, 5.74) is 4.03. The van der Waals surface area contributed by atoms with E-state index in [0.717, 1.165) is 11.3 Å². The number of thioether (sulfide) groups is 1. The summed E-state index contributed by atoms with van der Waals surface area (Å²) in [4.78, 5) is 12.5.